The Kier molecular flexibility index (Phi) is 3.97. The Morgan fingerprint density at radius 1 is 1.79 bits per heavy atom. The number of amidine groups is 1. The number of hydrazine groups is 2. The molecule has 80 valence electrons. The summed E-state index contributed by atoms with van der Waals surface area (Å²) in [7, 11) is 3.75. The van der Waals surface area contributed by atoms with Crippen molar-refractivity contribution in [2.75, 3.05) is 14.1 Å². The number of aliphatic imine (C=N–C) groups is 1. The lowest BCUT2D eigenvalue weighted by Gasteiger charge is -2.24. The van der Waals surface area contributed by atoms with Gasteiger partial charge in [-0.3, -0.25) is 10.9 Å². The third-order valence-corrected chi connectivity index (χ3v) is 2.51. The van der Waals surface area contributed by atoms with Crippen LogP contribution < -0.4 is 10.9 Å². The minimum Gasteiger partial charge on any atom is -0.354 e. The van der Waals surface area contributed by atoms with Gasteiger partial charge in [0.15, 0.2) is 10.6 Å². The van der Waals surface area contributed by atoms with Crippen LogP contribution in [0.25, 0.3) is 0 Å². The summed E-state index contributed by atoms with van der Waals surface area (Å²) in [4.78, 5) is 6.06. The maximum atomic E-state index is 5.09. The van der Waals surface area contributed by atoms with E-state index in [1.807, 2.05) is 21.0 Å². The lowest BCUT2D eigenvalue weighted by atomic mass is 10.5. The Labute approximate surface area is 94.9 Å². The number of hydrogen-bond acceptors (Lipinski definition) is 5. The first-order chi connectivity index (χ1) is 6.54. The Hall–Kier alpha value is -0.530. The molecule has 5 nitrogen and oxygen atoms in total. The van der Waals surface area contributed by atoms with E-state index < -0.39 is 0 Å². The predicted molar refractivity (Wildman–Crippen MR) is 64.9 cm³/mol. The van der Waals surface area contributed by atoms with Crippen LogP contribution in [0.15, 0.2) is 4.99 Å². The molecular formula is C7H15N5S2. The van der Waals surface area contributed by atoms with Gasteiger partial charge in [0, 0.05) is 20.5 Å². The second-order valence-electron chi connectivity index (χ2n) is 3.07. The van der Waals surface area contributed by atoms with E-state index in [-0.39, 0.29) is 5.50 Å². The van der Waals surface area contributed by atoms with Crippen LogP contribution >= 0.6 is 24.8 Å². The molecule has 1 rings (SSSR count). The number of thiocarbonyl (C=S) groups is 1. The summed E-state index contributed by atoms with van der Waals surface area (Å²) >= 11 is 9.37. The summed E-state index contributed by atoms with van der Waals surface area (Å²) in [5, 5.41) is 2.29. The second kappa shape index (κ2) is 4.81. The molecule has 0 saturated heterocycles. The van der Waals surface area contributed by atoms with Gasteiger partial charge in [-0.05, 0) is 12.2 Å². The highest BCUT2D eigenvalue weighted by molar-refractivity contribution is 7.81. The standard InChI is InChI=1S/C7H15N5S2/c1-4-5-8-6(13)12(9-5)10-7(14)11(2)3/h6,13H,4H2,1-3H3,(H,8,9)(H,10,14). The fraction of sp³-hybridized carbons (Fsp3) is 0.714. The number of rotatable bonds is 2. The monoisotopic (exact) mass is 233 g/mol. The number of thiol groups is 1. The second-order valence-corrected chi connectivity index (χ2v) is 3.92. The van der Waals surface area contributed by atoms with Crippen molar-refractivity contribution in [3.05, 3.63) is 0 Å². The summed E-state index contributed by atoms with van der Waals surface area (Å²) in [6.45, 7) is 2.03. The van der Waals surface area contributed by atoms with Crippen molar-refractivity contribution in [3.63, 3.8) is 0 Å². The van der Waals surface area contributed by atoms with Gasteiger partial charge in [-0.25, -0.2) is 4.99 Å². The molecule has 1 unspecified atom stereocenters. The van der Waals surface area contributed by atoms with Gasteiger partial charge in [0.25, 0.3) is 0 Å². The minimum absolute atomic E-state index is 0.233. The fourth-order valence-electron chi connectivity index (χ4n) is 0.882. The zero-order valence-corrected chi connectivity index (χ0v) is 10.2. The highest BCUT2D eigenvalue weighted by Crippen LogP contribution is 2.08. The van der Waals surface area contributed by atoms with E-state index in [0.717, 1.165) is 12.3 Å². The van der Waals surface area contributed by atoms with Crippen molar-refractivity contribution >= 4 is 35.8 Å². The van der Waals surface area contributed by atoms with Crippen LogP contribution in [-0.4, -0.2) is 40.6 Å². The Balaban J connectivity index is 2.46. The third kappa shape index (κ3) is 2.73. The number of hydrogen-bond donors (Lipinski definition) is 3. The molecule has 1 atom stereocenters. The molecule has 0 aliphatic carbocycles. The molecule has 2 N–H and O–H groups in total. The van der Waals surface area contributed by atoms with E-state index in [1.54, 1.807) is 10.0 Å². The molecule has 0 aromatic rings. The van der Waals surface area contributed by atoms with Crippen LogP contribution in [-0.2, 0) is 0 Å². The molecule has 14 heavy (non-hydrogen) atoms. The van der Waals surface area contributed by atoms with Crippen LogP contribution in [0.4, 0.5) is 0 Å². The molecule has 0 aromatic heterocycles. The van der Waals surface area contributed by atoms with E-state index in [2.05, 4.69) is 28.5 Å². The Morgan fingerprint density at radius 2 is 2.43 bits per heavy atom. The molecule has 0 radical (unpaired) electrons. The molecular weight excluding hydrogens is 218 g/mol. The van der Waals surface area contributed by atoms with Crippen LogP contribution in [0.5, 0.6) is 0 Å². The van der Waals surface area contributed by atoms with Crippen molar-refractivity contribution in [3.8, 4) is 0 Å². The van der Waals surface area contributed by atoms with E-state index in [4.69, 9.17) is 12.2 Å². The molecule has 0 aromatic carbocycles. The van der Waals surface area contributed by atoms with E-state index >= 15 is 0 Å². The Morgan fingerprint density at radius 3 is 2.86 bits per heavy atom. The van der Waals surface area contributed by atoms with Gasteiger partial charge < -0.3 is 4.90 Å². The first-order valence-corrected chi connectivity index (χ1v) is 5.25. The summed E-state index contributed by atoms with van der Waals surface area (Å²) in [6, 6.07) is 0. The maximum absolute atomic E-state index is 5.09. The van der Waals surface area contributed by atoms with Crippen LogP contribution in [0, 0.1) is 0 Å². The largest absolute Gasteiger partial charge is 0.354 e. The molecule has 7 heteroatoms. The lowest BCUT2D eigenvalue weighted by Crippen LogP contribution is -2.53. The molecule has 0 bridgehead atoms. The van der Waals surface area contributed by atoms with Crippen LogP contribution in [0.1, 0.15) is 13.3 Å². The van der Waals surface area contributed by atoms with Crippen molar-refractivity contribution in [2.45, 2.75) is 18.8 Å². The summed E-state index contributed by atoms with van der Waals surface area (Å²) in [6.07, 6.45) is 0.851. The van der Waals surface area contributed by atoms with Gasteiger partial charge in [-0.15, -0.1) is 12.6 Å². The van der Waals surface area contributed by atoms with Crippen LogP contribution in [0.3, 0.4) is 0 Å². The zero-order chi connectivity index (χ0) is 10.7. The Bertz CT molecular complexity index is 252. The smallest absolute Gasteiger partial charge is 0.184 e. The van der Waals surface area contributed by atoms with E-state index in [1.165, 1.54) is 0 Å². The van der Waals surface area contributed by atoms with Gasteiger partial charge in [-0.2, -0.15) is 0 Å². The van der Waals surface area contributed by atoms with E-state index in [0.29, 0.717) is 5.11 Å². The summed E-state index contributed by atoms with van der Waals surface area (Å²) < 4.78 is 0. The summed E-state index contributed by atoms with van der Waals surface area (Å²) in [5.74, 6) is 0.902. The normalized spacial score (nSPS) is 21.4. The molecule has 1 heterocycles. The average Bonchev–Trinajstić information content (AvgIpc) is 2.47. The first-order valence-electron chi connectivity index (χ1n) is 4.33. The highest BCUT2D eigenvalue weighted by Gasteiger charge is 2.22. The molecule has 0 amide bonds. The van der Waals surface area contributed by atoms with Crippen molar-refractivity contribution in [1.82, 2.24) is 20.9 Å². The molecule has 1 aliphatic rings. The van der Waals surface area contributed by atoms with Gasteiger partial charge in [-0.1, -0.05) is 12.0 Å². The fourth-order valence-corrected chi connectivity index (χ4v) is 1.24. The number of nitrogens with zero attached hydrogens (tertiary/aromatic N) is 3. The third-order valence-electron chi connectivity index (χ3n) is 1.71. The van der Waals surface area contributed by atoms with Crippen LogP contribution in [0.2, 0.25) is 0 Å². The first kappa shape index (κ1) is 11.5. The molecule has 0 saturated carbocycles. The zero-order valence-electron chi connectivity index (χ0n) is 8.48. The predicted octanol–water partition coefficient (Wildman–Crippen LogP) is 0.180. The van der Waals surface area contributed by atoms with Crippen molar-refractivity contribution < 1.29 is 0 Å². The van der Waals surface area contributed by atoms with Gasteiger partial charge in [0.05, 0.1) is 0 Å². The topological polar surface area (TPSA) is 42.9 Å². The molecule has 1 aliphatic heterocycles. The van der Waals surface area contributed by atoms with Gasteiger partial charge in [0.2, 0.25) is 0 Å². The van der Waals surface area contributed by atoms with Gasteiger partial charge >= 0.3 is 0 Å². The van der Waals surface area contributed by atoms with Crippen molar-refractivity contribution in [2.24, 2.45) is 4.99 Å². The SMILES string of the molecule is CCC1=NC(S)N(NC(=S)N(C)C)N1. The number of nitrogens with one attached hydrogen (secondary N) is 2. The molecule has 0 fully saturated rings. The summed E-state index contributed by atoms with van der Waals surface area (Å²) in [5.41, 5.74) is 5.81. The lowest BCUT2D eigenvalue weighted by molar-refractivity contribution is 0.198. The minimum atomic E-state index is -0.233. The average molecular weight is 233 g/mol. The molecule has 0 spiro atoms. The highest BCUT2D eigenvalue weighted by atomic mass is 32.1. The maximum Gasteiger partial charge on any atom is 0.184 e. The van der Waals surface area contributed by atoms with Crippen molar-refractivity contribution in [1.29, 1.82) is 0 Å². The van der Waals surface area contributed by atoms with E-state index in [9.17, 15) is 0 Å². The van der Waals surface area contributed by atoms with Gasteiger partial charge in [0.1, 0.15) is 5.84 Å². The quantitative estimate of drug-likeness (QED) is 0.469.